The van der Waals surface area contributed by atoms with E-state index in [2.05, 4.69) is 27.4 Å². The van der Waals surface area contributed by atoms with E-state index in [1.54, 1.807) is 0 Å². The monoisotopic (exact) mass is 196 g/mol. The minimum atomic E-state index is 0.628. The van der Waals surface area contributed by atoms with Crippen molar-refractivity contribution in [3.8, 4) is 0 Å². The van der Waals surface area contributed by atoms with Crippen LogP contribution in [0.4, 0.5) is 0 Å². The van der Waals surface area contributed by atoms with Crippen molar-refractivity contribution in [3.05, 3.63) is 12.2 Å². The Kier molecular flexibility index (Phi) is 3.10. The van der Waals surface area contributed by atoms with Gasteiger partial charge in [0.2, 0.25) is 5.89 Å². The van der Waals surface area contributed by atoms with Gasteiger partial charge in [-0.2, -0.15) is 4.98 Å². The number of hydrogen-bond acceptors (Lipinski definition) is 5. The summed E-state index contributed by atoms with van der Waals surface area (Å²) in [6, 6.07) is 0.628. The fourth-order valence-electron chi connectivity index (χ4n) is 1.85. The molecule has 0 amide bonds. The van der Waals surface area contributed by atoms with E-state index in [1.807, 2.05) is 0 Å². The molecule has 1 fully saturated rings. The summed E-state index contributed by atoms with van der Waals surface area (Å²) in [7, 11) is 2.07. The van der Waals surface area contributed by atoms with Crippen LogP contribution in [0.15, 0.2) is 10.9 Å². The lowest BCUT2D eigenvalue weighted by atomic mass is 10.2. The lowest BCUT2D eigenvalue weighted by Gasteiger charge is -2.18. The van der Waals surface area contributed by atoms with Gasteiger partial charge in [0.15, 0.2) is 6.33 Å². The normalized spacial score (nSPS) is 22.0. The number of aromatic nitrogens is 2. The molecule has 5 nitrogen and oxygen atoms in total. The molecule has 0 spiro atoms. The van der Waals surface area contributed by atoms with Crippen molar-refractivity contribution in [3.63, 3.8) is 0 Å². The number of nitrogens with one attached hydrogen (secondary N) is 1. The first-order valence-electron chi connectivity index (χ1n) is 5.02. The van der Waals surface area contributed by atoms with Crippen molar-refractivity contribution in [2.24, 2.45) is 0 Å². The van der Waals surface area contributed by atoms with Gasteiger partial charge < -0.3 is 9.84 Å². The quantitative estimate of drug-likeness (QED) is 0.748. The van der Waals surface area contributed by atoms with Gasteiger partial charge in [0.05, 0.1) is 6.54 Å². The molecule has 0 saturated carbocycles. The van der Waals surface area contributed by atoms with E-state index in [-0.39, 0.29) is 0 Å². The molecule has 1 aromatic heterocycles. The number of rotatable bonds is 4. The van der Waals surface area contributed by atoms with E-state index in [9.17, 15) is 0 Å². The average Bonchev–Trinajstić information content (AvgIpc) is 2.76. The van der Waals surface area contributed by atoms with Crippen LogP contribution in [0.3, 0.4) is 0 Å². The van der Waals surface area contributed by atoms with Crippen molar-refractivity contribution in [2.75, 3.05) is 20.1 Å². The van der Waals surface area contributed by atoms with Crippen LogP contribution >= 0.6 is 0 Å². The van der Waals surface area contributed by atoms with Crippen LogP contribution in [-0.4, -0.2) is 41.2 Å². The Morgan fingerprint density at radius 3 is 3.29 bits per heavy atom. The minimum Gasteiger partial charge on any atom is -0.338 e. The number of likely N-dealkylation sites (N-methyl/N-ethyl adjacent to an activating group) is 1. The number of hydrogen-bond donors (Lipinski definition) is 1. The number of nitrogens with zero attached hydrogens (tertiary/aromatic N) is 3. The van der Waals surface area contributed by atoms with Gasteiger partial charge in [0.1, 0.15) is 0 Å². The van der Waals surface area contributed by atoms with Crippen molar-refractivity contribution in [1.29, 1.82) is 0 Å². The van der Waals surface area contributed by atoms with Crippen LogP contribution in [0.2, 0.25) is 0 Å². The fourth-order valence-corrected chi connectivity index (χ4v) is 1.85. The summed E-state index contributed by atoms with van der Waals surface area (Å²) in [4.78, 5) is 6.20. The molecule has 1 aliphatic rings. The van der Waals surface area contributed by atoms with Gasteiger partial charge in [-0.05, 0) is 26.4 Å². The minimum absolute atomic E-state index is 0.628. The maximum atomic E-state index is 4.95. The molecule has 1 aliphatic heterocycles. The SMILES string of the molecule is CN(Cc1ncno1)CC1CCCN1. The Labute approximate surface area is 83.5 Å². The van der Waals surface area contributed by atoms with Crippen molar-refractivity contribution < 1.29 is 4.52 Å². The first kappa shape index (κ1) is 9.61. The molecule has 1 N–H and O–H groups in total. The Balaban J connectivity index is 1.75. The lowest BCUT2D eigenvalue weighted by molar-refractivity contribution is 0.248. The Morgan fingerprint density at radius 1 is 1.71 bits per heavy atom. The van der Waals surface area contributed by atoms with Crippen LogP contribution in [-0.2, 0) is 6.54 Å². The topological polar surface area (TPSA) is 54.2 Å². The van der Waals surface area contributed by atoms with Gasteiger partial charge in [-0.3, -0.25) is 4.90 Å². The second-order valence-electron chi connectivity index (χ2n) is 3.83. The molecule has 0 radical (unpaired) electrons. The maximum Gasteiger partial charge on any atom is 0.240 e. The van der Waals surface area contributed by atoms with Gasteiger partial charge in [0, 0.05) is 12.6 Å². The highest BCUT2D eigenvalue weighted by atomic mass is 16.5. The third-order valence-corrected chi connectivity index (χ3v) is 2.51. The predicted molar refractivity (Wildman–Crippen MR) is 51.7 cm³/mol. The van der Waals surface area contributed by atoms with Gasteiger partial charge in [0.25, 0.3) is 0 Å². The van der Waals surface area contributed by atoms with E-state index < -0.39 is 0 Å². The molecule has 1 unspecified atom stereocenters. The largest absolute Gasteiger partial charge is 0.338 e. The van der Waals surface area contributed by atoms with Crippen molar-refractivity contribution in [2.45, 2.75) is 25.4 Å². The summed E-state index contributed by atoms with van der Waals surface area (Å²) in [6.45, 7) is 2.93. The summed E-state index contributed by atoms with van der Waals surface area (Å²) in [6.07, 6.45) is 4.00. The van der Waals surface area contributed by atoms with E-state index >= 15 is 0 Å². The Morgan fingerprint density at radius 2 is 2.64 bits per heavy atom. The average molecular weight is 196 g/mol. The first-order valence-corrected chi connectivity index (χ1v) is 5.02. The predicted octanol–water partition coefficient (Wildman–Crippen LogP) is 0.253. The van der Waals surface area contributed by atoms with Crippen LogP contribution < -0.4 is 5.32 Å². The van der Waals surface area contributed by atoms with Crippen molar-refractivity contribution in [1.82, 2.24) is 20.4 Å². The molecule has 0 bridgehead atoms. The molecule has 2 heterocycles. The molecule has 2 rings (SSSR count). The van der Waals surface area contributed by atoms with Crippen LogP contribution in [0.25, 0.3) is 0 Å². The van der Waals surface area contributed by atoms with Gasteiger partial charge >= 0.3 is 0 Å². The third kappa shape index (κ3) is 2.52. The molecule has 1 aromatic rings. The molecule has 78 valence electrons. The van der Waals surface area contributed by atoms with E-state index in [0.29, 0.717) is 11.9 Å². The van der Waals surface area contributed by atoms with Crippen molar-refractivity contribution >= 4 is 0 Å². The zero-order chi connectivity index (χ0) is 9.80. The van der Waals surface area contributed by atoms with E-state index in [4.69, 9.17) is 4.52 Å². The van der Waals surface area contributed by atoms with Gasteiger partial charge in [-0.25, -0.2) is 0 Å². The molecule has 5 heteroatoms. The fraction of sp³-hybridized carbons (Fsp3) is 0.778. The summed E-state index contributed by atoms with van der Waals surface area (Å²) in [5.41, 5.74) is 0. The molecule has 0 aromatic carbocycles. The van der Waals surface area contributed by atoms with E-state index in [1.165, 1.54) is 19.2 Å². The smallest absolute Gasteiger partial charge is 0.240 e. The Bertz CT molecular complexity index is 256. The van der Waals surface area contributed by atoms with Crippen LogP contribution in [0.1, 0.15) is 18.7 Å². The summed E-state index contributed by atoms with van der Waals surface area (Å²) < 4.78 is 4.95. The van der Waals surface area contributed by atoms with Gasteiger partial charge in [-0.15, -0.1) is 0 Å². The van der Waals surface area contributed by atoms with E-state index in [0.717, 1.165) is 19.6 Å². The first-order chi connectivity index (χ1) is 6.84. The Hall–Kier alpha value is -0.940. The maximum absolute atomic E-state index is 4.95. The van der Waals surface area contributed by atoms with Crippen LogP contribution in [0.5, 0.6) is 0 Å². The molecular weight excluding hydrogens is 180 g/mol. The molecular formula is C9H16N4O. The molecule has 1 atom stereocenters. The second-order valence-corrected chi connectivity index (χ2v) is 3.83. The molecule has 1 saturated heterocycles. The standard InChI is InChI=1S/C9H16N4O/c1-13(5-8-3-2-4-10-8)6-9-11-7-12-14-9/h7-8,10H,2-6H2,1H3. The van der Waals surface area contributed by atoms with Gasteiger partial charge in [-0.1, -0.05) is 5.16 Å². The molecule has 0 aliphatic carbocycles. The lowest BCUT2D eigenvalue weighted by Crippen LogP contribution is -2.34. The third-order valence-electron chi connectivity index (χ3n) is 2.51. The second kappa shape index (κ2) is 4.52. The summed E-state index contributed by atoms with van der Waals surface area (Å²) >= 11 is 0. The highest BCUT2D eigenvalue weighted by Gasteiger charge is 2.16. The zero-order valence-electron chi connectivity index (χ0n) is 8.44. The van der Waals surface area contributed by atoms with Crippen LogP contribution in [0, 0.1) is 0 Å². The summed E-state index contributed by atoms with van der Waals surface area (Å²) in [5, 5.41) is 7.04. The zero-order valence-corrected chi connectivity index (χ0v) is 8.44. The summed E-state index contributed by atoms with van der Waals surface area (Å²) in [5.74, 6) is 0.686. The highest BCUT2D eigenvalue weighted by Crippen LogP contribution is 2.07. The highest BCUT2D eigenvalue weighted by molar-refractivity contribution is 4.79. The molecule has 14 heavy (non-hydrogen) atoms.